The maximum Gasteiger partial charge on any atom is 0.254 e. The third kappa shape index (κ3) is 2.74. The number of carbonyl (C=O) groups excluding carboxylic acids is 1. The van der Waals surface area contributed by atoms with E-state index in [0.717, 1.165) is 25.9 Å². The van der Waals surface area contributed by atoms with Crippen molar-refractivity contribution in [3.05, 3.63) is 0 Å². The standard InChI is InChI=1S/C12H24N2O2/c1-4-12(2,16-3)11(15)14-7-5-6-10(8-13)9-14/h10H,4-9,13H2,1-3H3. The molecule has 4 heteroatoms. The minimum atomic E-state index is -0.670. The smallest absolute Gasteiger partial charge is 0.254 e. The highest BCUT2D eigenvalue weighted by Crippen LogP contribution is 2.22. The number of methoxy groups -OCH3 is 1. The summed E-state index contributed by atoms with van der Waals surface area (Å²) >= 11 is 0. The molecule has 0 spiro atoms. The van der Waals surface area contributed by atoms with Crippen molar-refractivity contribution in [1.82, 2.24) is 4.90 Å². The van der Waals surface area contributed by atoms with Crippen LogP contribution < -0.4 is 5.73 Å². The molecule has 1 heterocycles. The first-order chi connectivity index (χ1) is 7.57. The van der Waals surface area contributed by atoms with Crippen molar-refractivity contribution in [1.29, 1.82) is 0 Å². The Bertz CT molecular complexity index is 239. The second kappa shape index (κ2) is 5.64. The fourth-order valence-corrected chi connectivity index (χ4v) is 2.16. The number of nitrogens with zero attached hydrogens (tertiary/aromatic N) is 1. The molecule has 0 aromatic heterocycles. The van der Waals surface area contributed by atoms with Crippen LogP contribution in [0.5, 0.6) is 0 Å². The van der Waals surface area contributed by atoms with Crippen LogP contribution in [-0.4, -0.2) is 43.2 Å². The van der Waals surface area contributed by atoms with Crippen LogP contribution in [0.15, 0.2) is 0 Å². The molecule has 0 aromatic rings. The molecule has 1 saturated heterocycles. The molecule has 1 aliphatic rings. The number of piperidine rings is 1. The van der Waals surface area contributed by atoms with Gasteiger partial charge in [-0.15, -0.1) is 0 Å². The highest BCUT2D eigenvalue weighted by atomic mass is 16.5. The summed E-state index contributed by atoms with van der Waals surface area (Å²) in [6.45, 7) is 6.13. The molecular weight excluding hydrogens is 204 g/mol. The molecule has 0 aromatic carbocycles. The van der Waals surface area contributed by atoms with Gasteiger partial charge in [0.2, 0.25) is 0 Å². The van der Waals surface area contributed by atoms with Crippen molar-refractivity contribution in [2.75, 3.05) is 26.7 Å². The van der Waals surface area contributed by atoms with Crippen LogP contribution in [-0.2, 0) is 9.53 Å². The van der Waals surface area contributed by atoms with Crippen molar-refractivity contribution < 1.29 is 9.53 Å². The van der Waals surface area contributed by atoms with E-state index in [0.29, 0.717) is 18.9 Å². The Balaban J connectivity index is 2.65. The van der Waals surface area contributed by atoms with Gasteiger partial charge in [-0.25, -0.2) is 0 Å². The van der Waals surface area contributed by atoms with Crippen LogP contribution in [0.2, 0.25) is 0 Å². The molecule has 2 N–H and O–H groups in total. The summed E-state index contributed by atoms with van der Waals surface area (Å²) in [5.74, 6) is 0.561. The second-order valence-corrected chi connectivity index (χ2v) is 4.78. The van der Waals surface area contributed by atoms with Gasteiger partial charge in [-0.2, -0.15) is 0 Å². The van der Waals surface area contributed by atoms with Crippen LogP contribution in [0.1, 0.15) is 33.1 Å². The van der Waals surface area contributed by atoms with E-state index in [-0.39, 0.29) is 5.91 Å². The molecule has 2 atom stereocenters. The van der Waals surface area contributed by atoms with Gasteiger partial charge in [0.1, 0.15) is 5.60 Å². The number of nitrogens with two attached hydrogens (primary N) is 1. The zero-order valence-electron chi connectivity index (χ0n) is 10.7. The first-order valence-corrected chi connectivity index (χ1v) is 6.12. The number of ether oxygens (including phenoxy) is 1. The Morgan fingerprint density at radius 1 is 1.62 bits per heavy atom. The molecule has 1 aliphatic heterocycles. The van der Waals surface area contributed by atoms with E-state index in [1.807, 2.05) is 18.7 Å². The molecule has 2 unspecified atom stereocenters. The van der Waals surface area contributed by atoms with Gasteiger partial charge in [-0.05, 0) is 38.6 Å². The van der Waals surface area contributed by atoms with Gasteiger partial charge < -0.3 is 15.4 Å². The zero-order valence-corrected chi connectivity index (χ0v) is 10.7. The van der Waals surface area contributed by atoms with Gasteiger partial charge in [-0.3, -0.25) is 4.79 Å². The van der Waals surface area contributed by atoms with E-state index in [9.17, 15) is 4.79 Å². The number of amides is 1. The second-order valence-electron chi connectivity index (χ2n) is 4.78. The van der Waals surface area contributed by atoms with E-state index in [1.54, 1.807) is 7.11 Å². The number of hydrogen-bond acceptors (Lipinski definition) is 3. The van der Waals surface area contributed by atoms with Crippen LogP contribution >= 0.6 is 0 Å². The molecule has 4 nitrogen and oxygen atoms in total. The van der Waals surface area contributed by atoms with Gasteiger partial charge in [0, 0.05) is 20.2 Å². The monoisotopic (exact) mass is 228 g/mol. The highest BCUT2D eigenvalue weighted by Gasteiger charge is 2.36. The van der Waals surface area contributed by atoms with Gasteiger partial charge >= 0.3 is 0 Å². The fourth-order valence-electron chi connectivity index (χ4n) is 2.16. The lowest BCUT2D eigenvalue weighted by atomic mass is 9.95. The zero-order chi connectivity index (χ0) is 12.2. The molecule has 0 radical (unpaired) electrons. The minimum Gasteiger partial charge on any atom is -0.369 e. The first-order valence-electron chi connectivity index (χ1n) is 6.12. The Morgan fingerprint density at radius 3 is 2.81 bits per heavy atom. The maximum absolute atomic E-state index is 12.3. The van der Waals surface area contributed by atoms with Crippen molar-refractivity contribution in [3.8, 4) is 0 Å². The topological polar surface area (TPSA) is 55.6 Å². The Morgan fingerprint density at radius 2 is 2.31 bits per heavy atom. The predicted molar refractivity (Wildman–Crippen MR) is 64.1 cm³/mol. The van der Waals surface area contributed by atoms with E-state index >= 15 is 0 Å². The van der Waals surface area contributed by atoms with E-state index in [1.165, 1.54) is 0 Å². The largest absolute Gasteiger partial charge is 0.369 e. The molecule has 0 saturated carbocycles. The highest BCUT2D eigenvalue weighted by molar-refractivity contribution is 5.84. The summed E-state index contributed by atoms with van der Waals surface area (Å²) in [5, 5.41) is 0. The van der Waals surface area contributed by atoms with Gasteiger partial charge in [0.25, 0.3) is 5.91 Å². The molecule has 0 aliphatic carbocycles. The summed E-state index contributed by atoms with van der Waals surface area (Å²) in [6.07, 6.45) is 2.89. The van der Waals surface area contributed by atoms with E-state index in [4.69, 9.17) is 10.5 Å². The molecule has 1 amide bonds. The quantitative estimate of drug-likeness (QED) is 0.781. The third-order valence-electron chi connectivity index (χ3n) is 3.72. The number of likely N-dealkylation sites (tertiary alicyclic amines) is 1. The van der Waals surface area contributed by atoms with Crippen LogP contribution in [0, 0.1) is 5.92 Å². The Labute approximate surface area is 98.1 Å². The normalized spacial score (nSPS) is 25.2. The summed E-state index contributed by atoms with van der Waals surface area (Å²) in [4.78, 5) is 14.2. The number of rotatable bonds is 4. The molecule has 94 valence electrons. The predicted octanol–water partition coefficient (Wildman–Crippen LogP) is 0.999. The summed E-state index contributed by atoms with van der Waals surface area (Å²) in [6, 6.07) is 0. The summed E-state index contributed by atoms with van der Waals surface area (Å²) in [5.41, 5.74) is 5.00. The van der Waals surface area contributed by atoms with Gasteiger partial charge in [0.05, 0.1) is 0 Å². The average molecular weight is 228 g/mol. The average Bonchev–Trinajstić information content (AvgIpc) is 2.37. The molecule has 1 rings (SSSR count). The first kappa shape index (κ1) is 13.5. The number of hydrogen-bond donors (Lipinski definition) is 1. The van der Waals surface area contributed by atoms with Crippen LogP contribution in [0.25, 0.3) is 0 Å². The lowest BCUT2D eigenvalue weighted by molar-refractivity contribution is -0.155. The molecule has 16 heavy (non-hydrogen) atoms. The van der Waals surface area contributed by atoms with Crippen LogP contribution in [0.3, 0.4) is 0 Å². The van der Waals surface area contributed by atoms with E-state index < -0.39 is 5.60 Å². The van der Waals surface area contributed by atoms with Crippen molar-refractivity contribution in [2.45, 2.75) is 38.7 Å². The summed E-state index contributed by atoms with van der Waals surface area (Å²) < 4.78 is 5.35. The molecule has 0 bridgehead atoms. The lowest BCUT2D eigenvalue weighted by Crippen LogP contribution is -2.52. The number of carbonyl (C=O) groups is 1. The summed E-state index contributed by atoms with van der Waals surface area (Å²) in [7, 11) is 1.60. The molecule has 1 fully saturated rings. The Kier molecular flexibility index (Phi) is 4.74. The SMILES string of the molecule is CCC(C)(OC)C(=O)N1CCCC(CN)C1. The third-order valence-corrected chi connectivity index (χ3v) is 3.72. The fraction of sp³-hybridized carbons (Fsp3) is 0.917. The lowest BCUT2D eigenvalue weighted by Gasteiger charge is -2.37. The maximum atomic E-state index is 12.3. The van der Waals surface area contributed by atoms with E-state index in [2.05, 4.69) is 0 Å². The molecular formula is C12H24N2O2. The van der Waals surface area contributed by atoms with Crippen LogP contribution in [0.4, 0.5) is 0 Å². The van der Waals surface area contributed by atoms with Crippen molar-refractivity contribution in [2.24, 2.45) is 11.7 Å². The van der Waals surface area contributed by atoms with Crippen molar-refractivity contribution >= 4 is 5.91 Å². The van der Waals surface area contributed by atoms with Crippen molar-refractivity contribution in [3.63, 3.8) is 0 Å². The minimum absolute atomic E-state index is 0.107. The van der Waals surface area contributed by atoms with Gasteiger partial charge in [0.15, 0.2) is 0 Å². The Hall–Kier alpha value is -0.610. The van der Waals surface area contributed by atoms with Gasteiger partial charge in [-0.1, -0.05) is 6.92 Å².